The van der Waals surface area contributed by atoms with Gasteiger partial charge >= 0.3 is 0 Å². The van der Waals surface area contributed by atoms with Gasteiger partial charge < -0.3 is 0 Å². The molecule has 72 valence electrons. The van der Waals surface area contributed by atoms with Crippen LogP contribution in [0.3, 0.4) is 0 Å². The van der Waals surface area contributed by atoms with E-state index in [0.717, 1.165) is 18.5 Å². The highest BCUT2D eigenvalue weighted by atomic mass is 15.0. The SMILES string of the molecule is C1=Cc2c(c3cccc4ncc2n43)CC1. The van der Waals surface area contributed by atoms with Crippen LogP contribution < -0.4 is 0 Å². The quantitative estimate of drug-likeness (QED) is 0.538. The molecule has 0 aliphatic heterocycles. The van der Waals surface area contributed by atoms with Gasteiger partial charge in [-0.2, -0.15) is 0 Å². The molecule has 0 radical (unpaired) electrons. The number of nitrogens with zero attached hydrogens (tertiary/aromatic N) is 2. The molecule has 1 aliphatic rings. The van der Waals surface area contributed by atoms with Crippen LogP contribution in [-0.2, 0) is 6.42 Å². The lowest BCUT2D eigenvalue weighted by atomic mass is 10.00. The predicted molar refractivity (Wildman–Crippen MR) is 61.2 cm³/mol. The second-order valence-electron chi connectivity index (χ2n) is 4.08. The molecule has 4 rings (SSSR count). The predicted octanol–water partition coefficient (Wildman–Crippen LogP) is 2.88. The summed E-state index contributed by atoms with van der Waals surface area (Å²) in [7, 11) is 0. The second kappa shape index (κ2) is 2.40. The lowest BCUT2D eigenvalue weighted by Crippen LogP contribution is -1.90. The van der Waals surface area contributed by atoms with Crippen molar-refractivity contribution in [3.63, 3.8) is 0 Å². The van der Waals surface area contributed by atoms with Gasteiger partial charge in [0.1, 0.15) is 5.65 Å². The number of hydrogen-bond donors (Lipinski definition) is 0. The fourth-order valence-electron chi connectivity index (χ4n) is 2.63. The molecular weight excluding hydrogens is 184 g/mol. The first-order valence-corrected chi connectivity index (χ1v) is 5.32. The van der Waals surface area contributed by atoms with Crippen LogP contribution in [0.4, 0.5) is 0 Å². The molecule has 0 amide bonds. The fraction of sp³-hybridized carbons (Fsp3) is 0.154. The Bertz CT molecular complexity index is 676. The lowest BCUT2D eigenvalue weighted by molar-refractivity contribution is 1.00. The Hall–Kier alpha value is -1.83. The number of aryl methyl sites for hydroxylation is 1. The van der Waals surface area contributed by atoms with Gasteiger partial charge in [-0.15, -0.1) is 0 Å². The third-order valence-corrected chi connectivity index (χ3v) is 3.29. The molecule has 0 atom stereocenters. The number of hydrogen-bond acceptors (Lipinski definition) is 1. The van der Waals surface area contributed by atoms with Crippen LogP contribution >= 0.6 is 0 Å². The van der Waals surface area contributed by atoms with Gasteiger partial charge in [-0.05, 0) is 30.5 Å². The summed E-state index contributed by atoms with van der Waals surface area (Å²) in [5.74, 6) is 0. The number of pyridine rings is 1. The monoisotopic (exact) mass is 194 g/mol. The van der Waals surface area contributed by atoms with Crippen molar-refractivity contribution >= 4 is 22.8 Å². The summed E-state index contributed by atoms with van der Waals surface area (Å²) < 4.78 is 2.26. The molecule has 0 saturated carbocycles. The van der Waals surface area contributed by atoms with Crippen molar-refractivity contribution in [2.24, 2.45) is 0 Å². The Kier molecular flexibility index (Phi) is 1.19. The molecule has 3 heterocycles. The number of fused-ring (bicyclic) bond motifs is 3. The molecule has 2 heteroatoms. The summed E-state index contributed by atoms with van der Waals surface area (Å²) in [5.41, 5.74) is 6.51. The first kappa shape index (κ1) is 7.46. The number of aromatic nitrogens is 2. The summed E-state index contributed by atoms with van der Waals surface area (Å²) in [6, 6.07) is 6.35. The molecule has 0 bridgehead atoms. The summed E-state index contributed by atoms with van der Waals surface area (Å²) >= 11 is 0. The van der Waals surface area contributed by atoms with Crippen LogP contribution in [0.5, 0.6) is 0 Å². The Morgan fingerprint density at radius 1 is 1.20 bits per heavy atom. The largest absolute Gasteiger partial charge is 0.293 e. The molecule has 2 nitrogen and oxygen atoms in total. The van der Waals surface area contributed by atoms with E-state index >= 15 is 0 Å². The molecule has 0 saturated heterocycles. The molecule has 3 aromatic rings. The minimum Gasteiger partial charge on any atom is -0.293 e. The van der Waals surface area contributed by atoms with Crippen LogP contribution in [0.2, 0.25) is 0 Å². The van der Waals surface area contributed by atoms with E-state index in [2.05, 4.69) is 39.7 Å². The van der Waals surface area contributed by atoms with E-state index in [4.69, 9.17) is 0 Å². The molecule has 0 spiro atoms. The molecule has 0 aromatic carbocycles. The minimum atomic E-state index is 1.06. The lowest BCUT2D eigenvalue weighted by Gasteiger charge is -2.04. The van der Waals surface area contributed by atoms with E-state index < -0.39 is 0 Å². The number of rotatable bonds is 0. The Morgan fingerprint density at radius 3 is 3.20 bits per heavy atom. The third kappa shape index (κ3) is 0.780. The highest BCUT2D eigenvalue weighted by Gasteiger charge is 2.17. The zero-order valence-electron chi connectivity index (χ0n) is 8.27. The Labute approximate surface area is 87.2 Å². The number of imidazole rings is 1. The minimum absolute atomic E-state index is 1.06. The van der Waals surface area contributed by atoms with Gasteiger partial charge in [-0.3, -0.25) is 4.40 Å². The molecule has 15 heavy (non-hydrogen) atoms. The Morgan fingerprint density at radius 2 is 2.20 bits per heavy atom. The maximum atomic E-state index is 4.42. The molecule has 0 unspecified atom stereocenters. The average Bonchev–Trinajstić information content (AvgIpc) is 2.85. The number of allylic oxidation sites excluding steroid dienone is 1. The Balaban J connectivity index is 2.35. The maximum Gasteiger partial charge on any atom is 0.137 e. The van der Waals surface area contributed by atoms with Crippen molar-refractivity contribution in [2.45, 2.75) is 12.8 Å². The van der Waals surface area contributed by atoms with Crippen molar-refractivity contribution in [1.82, 2.24) is 9.38 Å². The van der Waals surface area contributed by atoms with Crippen molar-refractivity contribution < 1.29 is 0 Å². The van der Waals surface area contributed by atoms with Gasteiger partial charge in [0, 0.05) is 5.56 Å². The van der Waals surface area contributed by atoms with Gasteiger partial charge in [0.2, 0.25) is 0 Å². The second-order valence-corrected chi connectivity index (χ2v) is 4.08. The van der Waals surface area contributed by atoms with Crippen molar-refractivity contribution in [1.29, 1.82) is 0 Å². The first-order chi connectivity index (χ1) is 7.45. The van der Waals surface area contributed by atoms with E-state index in [1.165, 1.54) is 22.2 Å². The summed E-state index contributed by atoms with van der Waals surface area (Å²) in [6.07, 6.45) is 8.79. The first-order valence-electron chi connectivity index (χ1n) is 5.32. The molecule has 0 fully saturated rings. The van der Waals surface area contributed by atoms with Crippen molar-refractivity contribution in [2.75, 3.05) is 0 Å². The van der Waals surface area contributed by atoms with Gasteiger partial charge in [-0.1, -0.05) is 18.2 Å². The van der Waals surface area contributed by atoms with E-state index in [1.54, 1.807) is 0 Å². The highest BCUT2D eigenvalue weighted by Crippen LogP contribution is 2.32. The zero-order chi connectivity index (χ0) is 9.83. The summed E-state index contributed by atoms with van der Waals surface area (Å²) in [4.78, 5) is 4.42. The van der Waals surface area contributed by atoms with Crippen molar-refractivity contribution in [3.05, 3.63) is 41.6 Å². The smallest absolute Gasteiger partial charge is 0.137 e. The molecule has 1 aliphatic carbocycles. The third-order valence-electron chi connectivity index (χ3n) is 3.29. The maximum absolute atomic E-state index is 4.42. The van der Waals surface area contributed by atoms with Crippen molar-refractivity contribution in [3.8, 4) is 0 Å². The van der Waals surface area contributed by atoms with Crippen LogP contribution in [0.25, 0.3) is 22.8 Å². The van der Waals surface area contributed by atoms with Crippen LogP contribution in [0.1, 0.15) is 17.5 Å². The van der Waals surface area contributed by atoms with E-state index in [0.29, 0.717) is 0 Å². The normalized spacial score (nSPS) is 15.2. The van der Waals surface area contributed by atoms with E-state index in [9.17, 15) is 0 Å². The van der Waals surface area contributed by atoms with E-state index in [1.807, 2.05) is 6.20 Å². The van der Waals surface area contributed by atoms with Crippen LogP contribution in [-0.4, -0.2) is 9.38 Å². The van der Waals surface area contributed by atoms with Crippen LogP contribution in [0.15, 0.2) is 30.5 Å². The fourth-order valence-corrected chi connectivity index (χ4v) is 2.63. The topological polar surface area (TPSA) is 17.3 Å². The van der Waals surface area contributed by atoms with Crippen LogP contribution in [0, 0.1) is 0 Å². The zero-order valence-corrected chi connectivity index (χ0v) is 8.27. The molecule has 3 aromatic heterocycles. The average molecular weight is 194 g/mol. The van der Waals surface area contributed by atoms with E-state index in [-0.39, 0.29) is 0 Å². The van der Waals surface area contributed by atoms with Gasteiger partial charge in [0.05, 0.1) is 17.2 Å². The molecular formula is C13H10N2. The van der Waals surface area contributed by atoms with Gasteiger partial charge in [0.15, 0.2) is 0 Å². The summed E-state index contributed by atoms with van der Waals surface area (Å²) in [5, 5.41) is 0. The summed E-state index contributed by atoms with van der Waals surface area (Å²) in [6.45, 7) is 0. The highest BCUT2D eigenvalue weighted by molar-refractivity contribution is 5.86. The standard InChI is InChI=1S/C13H10N2/c1-2-5-10-9(4-1)11-6-3-7-13-14-8-12(10)15(11)13/h2-3,5-8H,1,4H2. The van der Waals surface area contributed by atoms with Gasteiger partial charge in [0.25, 0.3) is 0 Å². The molecule has 0 N–H and O–H groups in total. The van der Waals surface area contributed by atoms with Gasteiger partial charge in [-0.25, -0.2) is 4.98 Å².